The Labute approximate surface area is 125 Å². The predicted molar refractivity (Wildman–Crippen MR) is 76.2 cm³/mol. The number of nitrogens with zero attached hydrogens (tertiary/aromatic N) is 3. The molecule has 0 saturated carbocycles. The number of methoxy groups -OCH3 is 1. The molecule has 0 bridgehead atoms. The van der Waals surface area contributed by atoms with Crippen molar-refractivity contribution in [2.24, 2.45) is 0 Å². The Morgan fingerprint density at radius 1 is 1.24 bits per heavy atom. The third-order valence-corrected chi connectivity index (χ3v) is 3.15. The van der Waals surface area contributed by atoms with Crippen molar-refractivity contribution >= 4 is 11.6 Å². The van der Waals surface area contributed by atoms with Gasteiger partial charge < -0.3 is 14.4 Å². The van der Waals surface area contributed by atoms with E-state index < -0.39 is 0 Å². The lowest BCUT2D eigenvalue weighted by molar-refractivity contribution is 0.371. The van der Waals surface area contributed by atoms with E-state index in [1.54, 1.807) is 36.5 Å². The Kier molecular flexibility index (Phi) is 3.45. The predicted octanol–water partition coefficient (Wildman–Crippen LogP) is 3.17. The normalized spacial score (nSPS) is 10.6. The zero-order chi connectivity index (χ0) is 14.8. The molecule has 0 amide bonds. The third kappa shape index (κ3) is 2.41. The van der Waals surface area contributed by atoms with E-state index in [0.717, 1.165) is 0 Å². The van der Waals surface area contributed by atoms with Gasteiger partial charge in [-0.1, -0.05) is 22.8 Å². The summed E-state index contributed by atoms with van der Waals surface area (Å²) < 4.78 is 10.2. The molecular weight excluding hydrogens is 294 g/mol. The Morgan fingerprint density at radius 3 is 2.86 bits per heavy atom. The first-order valence-corrected chi connectivity index (χ1v) is 6.39. The molecule has 106 valence electrons. The van der Waals surface area contributed by atoms with Gasteiger partial charge in [0.2, 0.25) is 5.82 Å². The Balaban J connectivity index is 2.05. The lowest BCUT2D eigenvalue weighted by Gasteiger charge is -2.04. The molecule has 2 aromatic heterocycles. The molecule has 0 unspecified atom stereocenters. The lowest BCUT2D eigenvalue weighted by Crippen LogP contribution is -1.88. The summed E-state index contributed by atoms with van der Waals surface area (Å²) >= 11 is 6.04. The second-order valence-corrected chi connectivity index (χ2v) is 4.52. The molecule has 0 saturated heterocycles. The van der Waals surface area contributed by atoms with Crippen LogP contribution in [0.2, 0.25) is 5.02 Å². The van der Waals surface area contributed by atoms with Crippen LogP contribution in [0.1, 0.15) is 0 Å². The van der Waals surface area contributed by atoms with Gasteiger partial charge in [-0.05, 0) is 24.3 Å². The van der Waals surface area contributed by atoms with Crippen LogP contribution in [0.5, 0.6) is 11.5 Å². The standard InChI is InChI=1S/C14H10ClN3O3/c1-20-10-6-2-4-8(12(10)19)14-17-13(18-21-14)11-9(15)5-3-7-16-11/h2-7,19H,1H3. The summed E-state index contributed by atoms with van der Waals surface area (Å²) in [5.74, 6) is 0.659. The molecule has 1 aromatic carbocycles. The largest absolute Gasteiger partial charge is 0.504 e. The topological polar surface area (TPSA) is 81.3 Å². The number of halogens is 1. The van der Waals surface area contributed by atoms with E-state index in [9.17, 15) is 5.11 Å². The molecule has 21 heavy (non-hydrogen) atoms. The van der Waals surface area contributed by atoms with Gasteiger partial charge >= 0.3 is 0 Å². The molecule has 2 heterocycles. The zero-order valence-corrected chi connectivity index (χ0v) is 11.7. The lowest BCUT2D eigenvalue weighted by atomic mass is 10.2. The van der Waals surface area contributed by atoms with Crippen LogP contribution in [0.15, 0.2) is 41.1 Å². The fourth-order valence-corrected chi connectivity index (χ4v) is 2.04. The minimum atomic E-state index is -0.0673. The van der Waals surface area contributed by atoms with E-state index in [1.165, 1.54) is 7.11 Å². The van der Waals surface area contributed by atoms with Crippen LogP contribution < -0.4 is 4.74 Å². The number of phenols is 1. The van der Waals surface area contributed by atoms with Crippen molar-refractivity contribution in [1.29, 1.82) is 0 Å². The first-order chi connectivity index (χ1) is 10.2. The SMILES string of the molecule is COc1cccc(-c2nc(-c3ncccc3Cl)no2)c1O. The van der Waals surface area contributed by atoms with Crippen LogP contribution in [0.25, 0.3) is 23.0 Å². The van der Waals surface area contributed by atoms with Crippen molar-refractivity contribution in [2.45, 2.75) is 0 Å². The Hall–Kier alpha value is -2.60. The summed E-state index contributed by atoms with van der Waals surface area (Å²) in [7, 11) is 1.46. The number of hydrogen-bond donors (Lipinski definition) is 1. The van der Waals surface area contributed by atoms with Crippen molar-refractivity contribution in [3.63, 3.8) is 0 Å². The summed E-state index contributed by atoms with van der Waals surface area (Å²) in [5, 5.41) is 14.3. The third-order valence-electron chi connectivity index (χ3n) is 2.85. The number of para-hydroxylation sites is 1. The summed E-state index contributed by atoms with van der Waals surface area (Å²) in [6.45, 7) is 0. The molecule has 0 radical (unpaired) electrons. The van der Waals surface area contributed by atoms with Crippen LogP contribution >= 0.6 is 11.6 Å². The van der Waals surface area contributed by atoms with Gasteiger partial charge in [0, 0.05) is 6.20 Å². The maximum Gasteiger partial charge on any atom is 0.262 e. The van der Waals surface area contributed by atoms with Crippen LogP contribution in [-0.4, -0.2) is 27.3 Å². The monoisotopic (exact) mass is 303 g/mol. The summed E-state index contributed by atoms with van der Waals surface area (Å²) in [6, 6.07) is 8.38. The second kappa shape index (κ2) is 5.41. The zero-order valence-electron chi connectivity index (χ0n) is 10.9. The van der Waals surface area contributed by atoms with Gasteiger partial charge in [-0.15, -0.1) is 0 Å². The highest BCUT2D eigenvalue weighted by atomic mass is 35.5. The molecule has 0 aliphatic rings. The summed E-state index contributed by atoms with van der Waals surface area (Å²) in [5.41, 5.74) is 0.789. The highest BCUT2D eigenvalue weighted by Gasteiger charge is 2.18. The Bertz CT molecular complexity index is 789. The quantitative estimate of drug-likeness (QED) is 0.800. The van der Waals surface area contributed by atoms with Gasteiger partial charge in [0.25, 0.3) is 5.89 Å². The van der Waals surface area contributed by atoms with Crippen molar-refractivity contribution in [3.05, 3.63) is 41.6 Å². The minimum absolute atomic E-state index is 0.0673. The smallest absolute Gasteiger partial charge is 0.262 e. The maximum atomic E-state index is 10.1. The molecule has 1 N–H and O–H groups in total. The Morgan fingerprint density at radius 2 is 2.10 bits per heavy atom. The van der Waals surface area contributed by atoms with Crippen molar-refractivity contribution in [3.8, 4) is 34.5 Å². The van der Waals surface area contributed by atoms with Gasteiger partial charge in [0.15, 0.2) is 11.5 Å². The van der Waals surface area contributed by atoms with Crippen molar-refractivity contribution in [2.75, 3.05) is 7.11 Å². The fraction of sp³-hybridized carbons (Fsp3) is 0.0714. The van der Waals surface area contributed by atoms with E-state index in [4.69, 9.17) is 20.9 Å². The number of rotatable bonds is 3. The number of ether oxygens (including phenoxy) is 1. The molecule has 0 aliphatic heterocycles. The van der Waals surface area contributed by atoms with Gasteiger partial charge in [0.1, 0.15) is 5.69 Å². The van der Waals surface area contributed by atoms with E-state index in [2.05, 4.69) is 15.1 Å². The highest BCUT2D eigenvalue weighted by molar-refractivity contribution is 6.32. The van der Waals surface area contributed by atoms with Gasteiger partial charge in [-0.3, -0.25) is 4.98 Å². The number of pyridine rings is 1. The maximum absolute atomic E-state index is 10.1. The number of aromatic nitrogens is 3. The van der Waals surface area contributed by atoms with Crippen LogP contribution in [0.3, 0.4) is 0 Å². The number of phenolic OH excluding ortho intramolecular Hbond substituents is 1. The van der Waals surface area contributed by atoms with Crippen LogP contribution in [0, 0.1) is 0 Å². The summed E-state index contributed by atoms with van der Waals surface area (Å²) in [4.78, 5) is 8.32. The summed E-state index contributed by atoms with van der Waals surface area (Å²) in [6.07, 6.45) is 1.58. The van der Waals surface area contributed by atoms with Crippen LogP contribution in [0.4, 0.5) is 0 Å². The number of aromatic hydroxyl groups is 1. The fourth-order valence-electron chi connectivity index (χ4n) is 1.84. The van der Waals surface area contributed by atoms with Gasteiger partial charge in [-0.2, -0.15) is 4.98 Å². The highest BCUT2D eigenvalue weighted by Crippen LogP contribution is 2.36. The van der Waals surface area contributed by atoms with Gasteiger partial charge in [-0.25, -0.2) is 0 Å². The molecular formula is C14H10ClN3O3. The first-order valence-electron chi connectivity index (χ1n) is 6.01. The first kappa shape index (κ1) is 13.4. The molecule has 0 fully saturated rings. The van der Waals surface area contributed by atoms with Crippen molar-refractivity contribution in [1.82, 2.24) is 15.1 Å². The molecule has 3 rings (SSSR count). The minimum Gasteiger partial charge on any atom is -0.504 e. The average Bonchev–Trinajstić information content (AvgIpc) is 2.97. The molecule has 6 nitrogen and oxygen atoms in total. The van der Waals surface area contributed by atoms with E-state index in [1.807, 2.05) is 0 Å². The average molecular weight is 304 g/mol. The van der Waals surface area contributed by atoms with Gasteiger partial charge in [0.05, 0.1) is 17.7 Å². The molecule has 0 atom stereocenters. The molecule has 0 aliphatic carbocycles. The number of benzene rings is 1. The second-order valence-electron chi connectivity index (χ2n) is 4.11. The molecule has 0 spiro atoms. The van der Waals surface area contributed by atoms with E-state index >= 15 is 0 Å². The molecule has 7 heteroatoms. The molecule has 3 aromatic rings. The number of hydrogen-bond acceptors (Lipinski definition) is 6. The van der Waals surface area contributed by atoms with Crippen LogP contribution in [-0.2, 0) is 0 Å². The van der Waals surface area contributed by atoms with Crippen molar-refractivity contribution < 1.29 is 14.4 Å². The van der Waals surface area contributed by atoms with E-state index in [-0.39, 0.29) is 17.5 Å². The van der Waals surface area contributed by atoms with E-state index in [0.29, 0.717) is 22.0 Å².